The van der Waals surface area contributed by atoms with Crippen LogP contribution in [-0.2, 0) is 11.3 Å². The van der Waals surface area contributed by atoms with Crippen molar-refractivity contribution in [3.05, 3.63) is 53.6 Å². The van der Waals surface area contributed by atoms with Crippen molar-refractivity contribution in [3.8, 4) is 17.2 Å². The van der Waals surface area contributed by atoms with Gasteiger partial charge in [-0.2, -0.15) is 0 Å². The largest absolute Gasteiger partial charge is 0.483 e. The predicted octanol–water partition coefficient (Wildman–Crippen LogP) is 3.23. The molecule has 0 unspecified atom stereocenters. The Morgan fingerprint density at radius 2 is 1.96 bits per heavy atom. The Kier molecular flexibility index (Phi) is 4.89. The number of nitrogens with one attached hydrogen (secondary N) is 1. The molecule has 1 heterocycles. The molecule has 0 aliphatic carbocycles. The summed E-state index contributed by atoms with van der Waals surface area (Å²) in [6.07, 6.45) is 0. The number of fused-ring (bicyclic) bond motifs is 1. The summed E-state index contributed by atoms with van der Waals surface area (Å²) < 4.78 is 16.3. The van der Waals surface area contributed by atoms with E-state index in [0.717, 1.165) is 22.6 Å². The Balaban J connectivity index is 1.51. The second kappa shape index (κ2) is 7.25. The van der Waals surface area contributed by atoms with Gasteiger partial charge in [-0.15, -0.1) is 0 Å². The Hall–Kier alpha value is -2.69. The number of amides is 1. The van der Waals surface area contributed by atoms with E-state index >= 15 is 0 Å². The lowest BCUT2D eigenvalue weighted by atomic mass is 10.0. The minimum Gasteiger partial charge on any atom is -0.483 e. The minimum atomic E-state index is -0.161. The van der Waals surface area contributed by atoms with Gasteiger partial charge >= 0.3 is 0 Å². The topological polar surface area (TPSA) is 56.8 Å². The number of hydrogen-bond acceptors (Lipinski definition) is 4. The van der Waals surface area contributed by atoms with Crippen molar-refractivity contribution < 1.29 is 19.0 Å². The molecule has 0 spiro atoms. The number of hydrogen-bond donors (Lipinski definition) is 1. The molecule has 0 aromatic heterocycles. The van der Waals surface area contributed by atoms with Gasteiger partial charge in [0.15, 0.2) is 18.1 Å². The van der Waals surface area contributed by atoms with Crippen LogP contribution >= 0.6 is 0 Å². The van der Waals surface area contributed by atoms with E-state index in [9.17, 15) is 4.79 Å². The van der Waals surface area contributed by atoms with Crippen molar-refractivity contribution in [1.82, 2.24) is 5.32 Å². The van der Waals surface area contributed by atoms with Gasteiger partial charge in [0.1, 0.15) is 5.75 Å². The highest BCUT2D eigenvalue weighted by molar-refractivity contribution is 5.77. The quantitative estimate of drug-likeness (QED) is 0.885. The monoisotopic (exact) mass is 327 g/mol. The third-order valence-corrected chi connectivity index (χ3v) is 3.83. The first-order valence-corrected chi connectivity index (χ1v) is 8.00. The van der Waals surface area contributed by atoms with Gasteiger partial charge in [-0.1, -0.05) is 38.1 Å². The van der Waals surface area contributed by atoms with E-state index in [-0.39, 0.29) is 19.3 Å². The molecular weight excluding hydrogens is 306 g/mol. The molecule has 0 saturated heterocycles. The fourth-order valence-electron chi connectivity index (χ4n) is 2.53. The Bertz CT molecular complexity index is 727. The highest BCUT2D eigenvalue weighted by atomic mass is 16.7. The zero-order valence-corrected chi connectivity index (χ0v) is 13.9. The first-order valence-electron chi connectivity index (χ1n) is 8.00. The maximum Gasteiger partial charge on any atom is 0.258 e. The summed E-state index contributed by atoms with van der Waals surface area (Å²) in [6.45, 7) is 4.86. The van der Waals surface area contributed by atoms with E-state index in [1.54, 1.807) is 0 Å². The molecule has 1 N–H and O–H groups in total. The summed E-state index contributed by atoms with van der Waals surface area (Å²) in [7, 11) is 0. The first-order chi connectivity index (χ1) is 11.6. The van der Waals surface area contributed by atoms with Crippen LogP contribution in [0.3, 0.4) is 0 Å². The van der Waals surface area contributed by atoms with E-state index in [0.29, 0.717) is 18.2 Å². The lowest BCUT2D eigenvalue weighted by Crippen LogP contribution is -2.28. The summed E-state index contributed by atoms with van der Waals surface area (Å²) >= 11 is 0. The van der Waals surface area contributed by atoms with Crippen molar-refractivity contribution in [3.63, 3.8) is 0 Å². The lowest BCUT2D eigenvalue weighted by Gasteiger charge is -2.13. The zero-order valence-electron chi connectivity index (χ0n) is 13.9. The van der Waals surface area contributed by atoms with Crippen LogP contribution in [0.15, 0.2) is 42.5 Å². The Morgan fingerprint density at radius 3 is 2.79 bits per heavy atom. The molecular formula is C19H21NO4. The average Bonchev–Trinajstić information content (AvgIpc) is 3.06. The number of carbonyl (C=O) groups excluding carboxylic acids is 1. The molecule has 3 rings (SSSR count). The molecule has 5 heteroatoms. The normalized spacial score (nSPS) is 12.3. The van der Waals surface area contributed by atoms with Gasteiger partial charge in [-0.05, 0) is 35.2 Å². The minimum absolute atomic E-state index is 0.00567. The first kappa shape index (κ1) is 16.2. The van der Waals surface area contributed by atoms with Crippen LogP contribution in [0.5, 0.6) is 17.2 Å². The third kappa shape index (κ3) is 3.79. The van der Waals surface area contributed by atoms with Gasteiger partial charge in [-0.25, -0.2) is 0 Å². The molecule has 1 amide bonds. The van der Waals surface area contributed by atoms with Crippen LogP contribution in [-0.4, -0.2) is 19.3 Å². The van der Waals surface area contributed by atoms with Crippen LogP contribution < -0.4 is 19.5 Å². The van der Waals surface area contributed by atoms with Crippen LogP contribution in [0.25, 0.3) is 0 Å². The van der Waals surface area contributed by atoms with Crippen molar-refractivity contribution >= 4 is 5.91 Å². The van der Waals surface area contributed by atoms with Gasteiger partial charge in [0.05, 0.1) is 0 Å². The Labute approximate surface area is 141 Å². The molecule has 0 fully saturated rings. The van der Waals surface area contributed by atoms with E-state index in [1.807, 2.05) is 42.5 Å². The molecule has 1 aliphatic heterocycles. The smallest absolute Gasteiger partial charge is 0.258 e. The highest BCUT2D eigenvalue weighted by Crippen LogP contribution is 2.32. The number of rotatable bonds is 6. The van der Waals surface area contributed by atoms with Gasteiger partial charge in [0.2, 0.25) is 6.79 Å². The molecule has 24 heavy (non-hydrogen) atoms. The van der Waals surface area contributed by atoms with Gasteiger partial charge in [0.25, 0.3) is 5.91 Å². The molecule has 5 nitrogen and oxygen atoms in total. The molecule has 0 radical (unpaired) electrons. The molecule has 0 saturated carbocycles. The van der Waals surface area contributed by atoms with Crippen LogP contribution in [0.2, 0.25) is 0 Å². The molecule has 2 aromatic rings. The van der Waals surface area contributed by atoms with E-state index < -0.39 is 0 Å². The van der Waals surface area contributed by atoms with Crippen molar-refractivity contribution in [2.45, 2.75) is 26.3 Å². The van der Waals surface area contributed by atoms with E-state index in [2.05, 4.69) is 19.2 Å². The fraction of sp³-hybridized carbons (Fsp3) is 0.316. The summed E-state index contributed by atoms with van der Waals surface area (Å²) in [5, 5.41) is 2.85. The van der Waals surface area contributed by atoms with Gasteiger partial charge in [-0.3, -0.25) is 4.79 Å². The zero-order chi connectivity index (χ0) is 16.9. The summed E-state index contributed by atoms with van der Waals surface area (Å²) in [5.41, 5.74) is 2.05. The van der Waals surface area contributed by atoms with Crippen LogP contribution in [0.4, 0.5) is 0 Å². The fourth-order valence-corrected chi connectivity index (χ4v) is 2.53. The maximum absolute atomic E-state index is 12.0. The summed E-state index contributed by atoms with van der Waals surface area (Å²) in [4.78, 5) is 12.0. The summed E-state index contributed by atoms with van der Waals surface area (Å²) in [5.74, 6) is 2.39. The molecule has 1 aliphatic rings. The van der Waals surface area contributed by atoms with Gasteiger partial charge < -0.3 is 19.5 Å². The second-order valence-corrected chi connectivity index (χ2v) is 5.95. The summed E-state index contributed by atoms with van der Waals surface area (Å²) in [6, 6.07) is 13.4. The number of para-hydroxylation sites is 1. The number of ether oxygens (including phenoxy) is 3. The van der Waals surface area contributed by atoms with Crippen molar-refractivity contribution in [2.24, 2.45) is 0 Å². The van der Waals surface area contributed by atoms with E-state index in [4.69, 9.17) is 14.2 Å². The predicted molar refractivity (Wildman–Crippen MR) is 90.4 cm³/mol. The molecule has 0 bridgehead atoms. The van der Waals surface area contributed by atoms with E-state index in [1.165, 1.54) is 0 Å². The number of carbonyl (C=O) groups is 1. The molecule has 126 valence electrons. The maximum atomic E-state index is 12.0. The van der Waals surface area contributed by atoms with Crippen molar-refractivity contribution in [1.29, 1.82) is 0 Å². The molecule has 0 atom stereocenters. The van der Waals surface area contributed by atoms with Crippen molar-refractivity contribution in [2.75, 3.05) is 13.4 Å². The van der Waals surface area contributed by atoms with Crippen LogP contribution in [0, 0.1) is 0 Å². The van der Waals surface area contributed by atoms with Crippen LogP contribution in [0.1, 0.15) is 30.9 Å². The average molecular weight is 327 g/mol. The second-order valence-electron chi connectivity index (χ2n) is 5.95. The highest BCUT2D eigenvalue weighted by Gasteiger charge is 2.14. The lowest BCUT2D eigenvalue weighted by molar-refractivity contribution is -0.123. The number of benzene rings is 2. The third-order valence-electron chi connectivity index (χ3n) is 3.83. The van der Waals surface area contributed by atoms with Gasteiger partial charge in [0, 0.05) is 6.54 Å². The SMILES string of the molecule is CC(C)c1ccccc1OCC(=O)NCc1ccc2c(c1)OCO2. The standard InChI is InChI=1S/C19H21NO4/c1-13(2)15-5-3-4-6-16(15)22-11-19(21)20-10-14-7-8-17-18(9-14)24-12-23-17/h3-9,13H,10-12H2,1-2H3,(H,20,21). The molecule has 2 aromatic carbocycles. The Morgan fingerprint density at radius 1 is 1.17 bits per heavy atom.